The van der Waals surface area contributed by atoms with Crippen molar-refractivity contribution in [3.63, 3.8) is 0 Å². The fourth-order valence-electron chi connectivity index (χ4n) is 5.10. The van der Waals surface area contributed by atoms with E-state index in [1.807, 2.05) is 29.3 Å². The number of piperidine rings is 2. The van der Waals surface area contributed by atoms with E-state index >= 15 is 0 Å². The zero-order valence-electron chi connectivity index (χ0n) is 19.8. The number of rotatable bonds is 4. The topological polar surface area (TPSA) is 98.8 Å². The van der Waals surface area contributed by atoms with E-state index in [0.29, 0.717) is 43.0 Å². The van der Waals surface area contributed by atoms with Crippen molar-refractivity contribution in [3.8, 4) is 6.07 Å². The van der Waals surface area contributed by atoms with Gasteiger partial charge in [-0.3, -0.25) is 4.79 Å². The molecule has 0 bridgehead atoms. The third-order valence-corrected chi connectivity index (χ3v) is 9.27. The predicted molar refractivity (Wildman–Crippen MR) is 131 cm³/mol. The van der Waals surface area contributed by atoms with E-state index in [4.69, 9.17) is 5.26 Å². The second-order valence-electron chi connectivity index (χ2n) is 9.64. The Morgan fingerprint density at radius 2 is 1.80 bits per heavy atom. The SMILES string of the molecule is CC1CCN(C(=O)c2cnn3ccc(C4CCN(S(=O)(=O)c5cccc(C#N)c5)CC4)cc23)CC1. The lowest BCUT2D eigenvalue weighted by molar-refractivity contribution is 0.0699. The molecule has 2 aliphatic heterocycles. The van der Waals surface area contributed by atoms with Crippen LogP contribution < -0.4 is 0 Å². The van der Waals surface area contributed by atoms with Gasteiger partial charge in [-0.05, 0) is 73.4 Å². The van der Waals surface area contributed by atoms with Crippen LogP contribution in [0.5, 0.6) is 0 Å². The molecule has 1 aromatic carbocycles. The highest BCUT2D eigenvalue weighted by atomic mass is 32.2. The smallest absolute Gasteiger partial charge is 0.257 e. The van der Waals surface area contributed by atoms with Crippen molar-refractivity contribution in [3.05, 3.63) is 65.5 Å². The van der Waals surface area contributed by atoms with Gasteiger partial charge in [0.2, 0.25) is 10.0 Å². The number of sulfonamides is 1. The Morgan fingerprint density at radius 1 is 1.06 bits per heavy atom. The zero-order chi connectivity index (χ0) is 24.6. The summed E-state index contributed by atoms with van der Waals surface area (Å²) in [5.74, 6) is 0.884. The molecule has 35 heavy (non-hydrogen) atoms. The Labute approximate surface area is 205 Å². The monoisotopic (exact) mass is 491 g/mol. The number of benzene rings is 1. The van der Waals surface area contributed by atoms with Gasteiger partial charge in [0.25, 0.3) is 5.91 Å². The normalized spacial score (nSPS) is 18.6. The summed E-state index contributed by atoms with van der Waals surface area (Å²) in [4.78, 5) is 15.3. The van der Waals surface area contributed by atoms with Crippen molar-refractivity contribution in [1.29, 1.82) is 5.26 Å². The van der Waals surface area contributed by atoms with Crippen LogP contribution in [0.2, 0.25) is 0 Å². The highest BCUT2D eigenvalue weighted by Gasteiger charge is 2.31. The van der Waals surface area contributed by atoms with E-state index in [0.717, 1.165) is 37.0 Å². The van der Waals surface area contributed by atoms with Crippen LogP contribution in [-0.2, 0) is 10.0 Å². The van der Waals surface area contributed by atoms with E-state index in [2.05, 4.69) is 12.0 Å². The molecule has 2 aromatic heterocycles. The number of amides is 1. The van der Waals surface area contributed by atoms with Crippen molar-refractivity contribution >= 4 is 21.4 Å². The molecule has 5 rings (SSSR count). The molecule has 0 unspecified atom stereocenters. The number of pyridine rings is 1. The standard InChI is InChI=1S/C26H29N5O3S/c1-19-5-10-29(11-6-19)26(32)24-18-28-31-14-9-22(16-25(24)31)21-7-12-30(13-8-21)35(33,34)23-4-2-3-20(15-23)17-27/h2-4,9,14-16,18-19,21H,5-8,10-13H2,1H3. The van der Waals surface area contributed by atoms with Gasteiger partial charge in [0.1, 0.15) is 0 Å². The molecule has 1 amide bonds. The Balaban J connectivity index is 1.32. The van der Waals surface area contributed by atoms with Crippen LogP contribution in [0, 0.1) is 17.2 Å². The minimum Gasteiger partial charge on any atom is -0.339 e. The molecule has 182 valence electrons. The first-order chi connectivity index (χ1) is 16.9. The molecule has 0 saturated carbocycles. The summed E-state index contributed by atoms with van der Waals surface area (Å²) in [5, 5.41) is 13.5. The molecule has 0 aliphatic carbocycles. The Kier molecular flexibility index (Phi) is 6.34. The van der Waals surface area contributed by atoms with Gasteiger partial charge in [0.15, 0.2) is 0 Å². The summed E-state index contributed by atoms with van der Waals surface area (Å²) >= 11 is 0. The van der Waals surface area contributed by atoms with E-state index in [9.17, 15) is 13.2 Å². The molecule has 0 spiro atoms. The van der Waals surface area contributed by atoms with Crippen LogP contribution in [-0.4, -0.2) is 59.3 Å². The maximum absolute atomic E-state index is 13.2. The van der Waals surface area contributed by atoms with Crippen molar-refractivity contribution in [2.75, 3.05) is 26.2 Å². The minimum absolute atomic E-state index is 0.0320. The lowest BCUT2D eigenvalue weighted by Gasteiger charge is -2.31. The lowest BCUT2D eigenvalue weighted by Crippen LogP contribution is -2.38. The van der Waals surface area contributed by atoms with Crippen molar-refractivity contribution in [1.82, 2.24) is 18.8 Å². The van der Waals surface area contributed by atoms with Crippen LogP contribution in [0.1, 0.15) is 60.0 Å². The highest BCUT2D eigenvalue weighted by Crippen LogP contribution is 2.32. The molecule has 0 radical (unpaired) electrons. The number of aromatic nitrogens is 2. The summed E-state index contributed by atoms with van der Waals surface area (Å²) in [6, 6.07) is 12.2. The molecule has 3 aromatic rings. The first-order valence-corrected chi connectivity index (χ1v) is 13.6. The average Bonchev–Trinajstić information content (AvgIpc) is 3.32. The summed E-state index contributed by atoms with van der Waals surface area (Å²) in [7, 11) is -3.64. The van der Waals surface area contributed by atoms with Gasteiger partial charge in [0.05, 0.1) is 33.8 Å². The molecule has 0 atom stereocenters. The van der Waals surface area contributed by atoms with Crippen LogP contribution in [0.3, 0.4) is 0 Å². The summed E-state index contributed by atoms with van der Waals surface area (Å²) in [6.45, 7) is 4.60. The summed E-state index contributed by atoms with van der Waals surface area (Å²) in [6.07, 6.45) is 6.97. The van der Waals surface area contributed by atoms with E-state index in [1.54, 1.807) is 22.8 Å². The van der Waals surface area contributed by atoms with Crippen LogP contribution in [0.25, 0.3) is 5.52 Å². The van der Waals surface area contributed by atoms with Gasteiger partial charge in [-0.15, -0.1) is 0 Å². The fraction of sp³-hybridized carbons (Fsp3) is 0.423. The maximum Gasteiger partial charge on any atom is 0.257 e. The number of carbonyl (C=O) groups is 1. The summed E-state index contributed by atoms with van der Waals surface area (Å²) < 4.78 is 29.4. The summed E-state index contributed by atoms with van der Waals surface area (Å²) in [5.41, 5.74) is 2.86. The van der Waals surface area contributed by atoms with Crippen LogP contribution in [0.15, 0.2) is 53.7 Å². The van der Waals surface area contributed by atoms with Crippen molar-refractivity contribution in [2.24, 2.45) is 5.92 Å². The van der Waals surface area contributed by atoms with Crippen LogP contribution in [0.4, 0.5) is 0 Å². The molecule has 8 nitrogen and oxygen atoms in total. The van der Waals surface area contributed by atoms with Crippen molar-refractivity contribution in [2.45, 2.75) is 43.4 Å². The Bertz CT molecular complexity index is 1390. The number of fused-ring (bicyclic) bond motifs is 1. The molecular formula is C26H29N5O3S. The third-order valence-electron chi connectivity index (χ3n) is 7.37. The van der Waals surface area contributed by atoms with E-state index in [1.165, 1.54) is 16.4 Å². The van der Waals surface area contributed by atoms with Gasteiger partial charge in [-0.2, -0.15) is 14.7 Å². The molecule has 2 fully saturated rings. The van der Waals surface area contributed by atoms with Gasteiger partial charge >= 0.3 is 0 Å². The number of likely N-dealkylation sites (tertiary alicyclic amines) is 1. The minimum atomic E-state index is -3.64. The second-order valence-corrected chi connectivity index (χ2v) is 11.6. The van der Waals surface area contributed by atoms with E-state index in [-0.39, 0.29) is 16.7 Å². The fourth-order valence-corrected chi connectivity index (χ4v) is 6.62. The van der Waals surface area contributed by atoms with Gasteiger partial charge in [-0.1, -0.05) is 13.0 Å². The van der Waals surface area contributed by atoms with Crippen LogP contribution >= 0.6 is 0 Å². The van der Waals surface area contributed by atoms with Gasteiger partial charge < -0.3 is 4.90 Å². The second kappa shape index (κ2) is 9.44. The zero-order valence-corrected chi connectivity index (χ0v) is 20.6. The van der Waals surface area contributed by atoms with Gasteiger partial charge in [-0.25, -0.2) is 12.9 Å². The third kappa shape index (κ3) is 4.56. The number of nitrogens with zero attached hydrogens (tertiary/aromatic N) is 5. The largest absolute Gasteiger partial charge is 0.339 e. The highest BCUT2D eigenvalue weighted by molar-refractivity contribution is 7.89. The predicted octanol–water partition coefficient (Wildman–Crippen LogP) is 3.65. The maximum atomic E-state index is 13.2. The molecule has 4 heterocycles. The average molecular weight is 492 g/mol. The first-order valence-electron chi connectivity index (χ1n) is 12.1. The molecule has 2 aliphatic rings. The Hall–Kier alpha value is -3.22. The number of hydrogen-bond donors (Lipinski definition) is 0. The quantitative estimate of drug-likeness (QED) is 0.555. The van der Waals surface area contributed by atoms with E-state index < -0.39 is 10.0 Å². The number of carbonyl (C=O) groups excluding carboxylic acids is 1. The number of hydrogen-bond acceptors (Lipinski definition) is 5. The first kappa shape index (κ1) is 23.5. The molecule has 2 saturated heterocycles. The molecule has 9 heteroatoms. The van der Waals surface area contributed by atoms with Gasteiger partial charge in [0, 0.05) is 32.4 Å². The Morgan fingerprint density at radius 3 is 2.51 bits per heavy atom. The lowest BCUT2D eigenvalue weighted by atomic mass is 9.90. The number of nitriles is 1. The molecular weight excluding hydrogens is 462 g/mol. The molecule has 0 N–H and O–H groups in total. The van der Waals surface area contributed by atoms with Crippen molar-refractivity contribution < 1.29 is 13.2 Å².